The van der Waals surface area contributed by atoms with E-state index >= 15 is 0 Å². The highest BCUT2D eigenvalue weighted by molar-refractivity contribution is 7.15. The lowest BCUT2D eigenvalue weighted by molar-refractivity contribution is -0.118. The van der Waals surface area contributed by atoms with Gasteiger partial charge in [0.05, 0.1) is 19.6 Å². The number of aromatic nitrogens is 2. The van der Waals surface area contributed by atoms with Crippen LogP contribution in [0.4, 0.5) is 5.13 Å². The van der Waals surface area contributed by atoms with Gasteiger partial charge in [0, 0.05) is 20.1 Å². The predicted molar refractivity (Wildman–Crippen MR) is 96.1 cm³/mol. The van der Waals surface area contributed by atoms with Gasteiger partial charge in [0.25, 0.3) is 0 Å². The van der Waals surface area contributed by atoms with Crippen molar-refractivity contribution >= 4 is 34.8 Å². The van der Waals surface area contributed by atoms with E-state index < -0.39 is 0 Å². The van der Waals surface area contributed by atoms with Gasteiger partial charge >= 0.3 is 0 Å². The number of amides is 1. The van der Waals surface area contributed by atoms with Gasteiger partial charge in [-0.05, 0) is 17.7 Å². The van der Waals surface area contributed by atoms with Crippen molar-refractivity contribution in [3.8, 4) is 5.75 Å². The minimum Gasteiger partial charge on any atom is -0.497 e. The minimum atomic E-state index is -0.292. The molecule has 1 aromatic heterocycles. The number of rotatable bonds is 8. The molecule has 1 amide bonds. The lowest BCUT2D eigenvalue weighted by Crippen LogP contribution is -2.28. The molecule has 0 fully saturated rings. The molecule has 2 aromatic rings. The van der Waals surface area contributed by atoms with Crippen molar-refractivity contribution in [2.24, 2.45) is 5.73 Å². The van der Waals surface area contributed by atoms with Gasteiger partial charge in [-0.3, -0.25) is 4.79 Å². The molecule has 0 saturated carbocycles. The summed E-state index contributed by atoms with van der Waals surface area (Å²) in [5, 5.41) is 12.1. The van der Waals surface area contributed by atoms with Crippen LogP contribution >= 0.6 is 23.7 Å². The molecule has 24 heavy (non-hydrogen) atoms. The third kappa shape index (κ3) is 6.04. The number of nitrogens with two attached hydrogens (primary N) is 1. The molecule has 0 saturated heterocycles. The molecule has 1 atom stereocenters. The van der Waals surface area contributed by atoms with Gasteiger partial charge in [0.15, 0.2) is 0 Å². The molecule has 1 heterocycles. The average molecular weight is 373 g/mol. The number of carbonyl (C=O) groups is 1. The molecular weight excluding hydrogens is 352 g/mol. The molecule has 9 heteroatoms. The number of carbonyl (C=O) groups excluding carboxylic acids is 1. The van der Waals surface area contributed by atoms with E-state index in [4.69, 9.17) is 15.2 Å². The van der Waals surface area contributed by atoms with Crippen molar-refractivity contribution in [1.82, 2.24) is 10.2 Å². The Bertz CT molecular complexity index is 649. The van der Waals surface area contributed by atoms with Crippen LogP contribution in [0.2, 0.25) is 0 Å². The van der Waals surface area contributed by atoms with Crippen LogP contribution in [0.15, 0.2) is 24.3 Å². The van der Waals surface area contributed by atoms with Crippen LogP contribution in [0.3, 0.4) is 0 Å². The number of anilines is 1. The standard InChI is InChI=1S/C15H20N4O3S.ClH/c1-21-11-5-3-4-10(6-11)7-14-18-19-15(23-14)17-13(20)8-12(9-16)22-2;/h3-6,12H,7-9,16H2,1-2H3,(H,17,19,20);1H. The Balaban J connectivity index is 0.00000288. The monoisotopic (exact) mass is 372 g/mol. The van der Waals surface area contributed by atoms with E-state index in [2.05, 4.69) is 15.5 Å². The lowest BCUT2D eigenvalue weighted by Gasteiger charge is -2.11. The van der Waals surface area contributed by atoms with Crippen molar-refractivity contribution < 1.29 is 14.3 Å². The summed E-state index contributed by atoms with van der Waals surface area (Å²) in [6, 6.07) is 7.76. The van der Waals surface area contributed by atoms with Crippen molar-refractivity contribution in [3.05, 3.63) is 34.8 Å². The summed E-state index contributed by atoms with van der Waals surface area (Å²) in [7, 11) is 3.16. The SMILES string of the molecule is COc1cccc(Cc2nnc(NC(=O)CC(CN)OC)s2)c1.Cl. The number of halogens is 1. The molecule has 0 radical (unpaired) electrons. The molecule has 1 aromatic carbocycles. The fourth-order valence-electron chi connectivity index (χ4n) is 1.97. The maximum atomic E-state index is 11.9. The fraction of sp³-hybridized carbons (Fsp3) is 0.400. The summed E-state index contributed by atoms with van der Waals surface area (Å²) in [6.07, 6.45) is 0.533. The molecule has 0 bridgehead atoms. The van der Waals surface area contributed by atoms with Gasteiger partial charge in [0.2, 0.25) is 11.0 Å². The highest BCUT2D eigenvalue weighted by Gasteiger charge is 2.14. The highest BCUT2D eigenvalue weighted by Crippen LogP contribution is 2.21. The molecule has 1 unspecified atom stereocenters. The number of nitrogens with one attached hydrogen (secondary N) is 1. The van der Waals surface area contributed by atoms with Crippen molar-refractivity contribution in [2.45, 2.75) is 18.9 Å². The second-order valence-electron chi connectivity index (χ2n) is 4.87. The zero-order valence-electron chi connectivity index (χ0n) is 13.5. The first kappa shape index (κ1) is 20.3. The minimum absolute atomic E-state index is 0. The van der Waals surface area contributed by atoms with Crippen LogP contribution in [0.1, 0.15) is 17.0 Å². The molecule has 0 aliphatic carbocycles. The quantitative estimate of drug-likeness (QED) is 0.733. The second kappa shape index (κ2) is 10.2. The van der Waals surface area contributed by atoms with Crippen LogP contribution in [0.5, 0.6) is 5.75 Å². The molecule has 0 aliphatic heterocycles. The summed E-state index contributed by atoms with van der Waals surface area (Å²) < 4.78 is 10.3. The van der Waals surface area contributed by atoms with Gasteiger partial charge in [-0.2, -0.15) is 0 Å². The first-order valence-corrected chi connectivity index (χ1v) is 7.94. The molecule has 3 N–H and O–H groups in total. The van der Waals surface area contributed by atoms with Gasteiger partial charge in [-0.15, -0.1) is 22.6 Å². The van der Waals surface area contributed by atoms with E-state index in [-0.39, 0.29) is 30.8 Å². The molecular formula is C15H21ClN4O3S. The third-order valence-electron chi connectivity index (χ3n) is 3.21. The lowest BCUT2D eigenvalue weighted by atomic mass is 10.1. The Hall–Kier alpha value is -1.74. The van der Waals surface area contributed by atoms with Crippen molar-refractivity contribution in [1.29, 1.82) is 0 Å². The van der Waals surface area contributed by atoms with Gasteiger partial charge < -0.3 is 20.5 Å². The summed E-state index contributed by atoms with van der Waals surface area (Å²) in [5.41, 5.74) is 6.57. The molecule has 0 spiro atoms. The van der Waals surface area contributed by atoms with E-state index in [0.717, 1.165) is 16.3 Å². The number of benzene rings is 1. The Kier molecular flexibility index (Phi) is 8.62. The summed E-state index contributed by atoms with van der Waals surface area (Å²) in [5.74, 6) is 0.610. The van der Waals surface area contributed by atoms with Gasteiger partial charge in [-0.1, -0.05) is 23.5 Å². The molecule has 7 nitrogen and oxygen atoms in total. The Morgan fingerprint density at radius 1 is 1.38 bits per heavy atom. The zero-order chi connectivity index (χ0) is 16.7. The molecule has 132 valence electrons. The van der Waals surface area contributed by atoms with Crippen LogP contribution < -0.4 is 15.8 Å². The zero-order valence-corrected chi connectivity index (χ0v) is 15.2. The Labute approximate surface area is 151 Å². The first-order chi connectivity index (χ1) is 11.1. The van der Waals surface area contributed by atoms with Crippen molar-refractivity contribution in [3.63, 3.8) is 0 Å². The Morgan fingerprint density at radius 3 is 2.83 bits per heavy atom. The van der Waals surface area contributed by atoms with Crippen LogP contribution in [0.25, 0.3) is 0 Å². The van der Waals surface area contributed by atoms with E-state index in [1.54, 1.807) is 7.11 Å². The third-order valence-corrected chi connectivity index (χ3v) is 4.05. The predicted octanol–water partition coefficient (Wildman–Crippen LogP) is 1.86. The summed E-state index contributed by atoms with van der Waals surface area (Å²) >= 11 is 1.34. The summed E-state index contributed by atoms with van der Waals surface area (Å²) in [4.78, 5) is 11.9. The Morgan fingerprint density at radius 2 is 2.17 bits per heavy atom. The van der Waals surface area contributed by atoms with E-state index in [1.807, 2.05) is 24.3 Å². The fourth-order valence-corrected chi connectivity index (χ4v) is 2.76. The van der Waals surface area contributed by atoms with Crippen LogP contribution in [0, 0.1) is 0 Å². The van der Waals surface area contributed by atoms with E-state index in [0.29, 0.717) is 18.1 Å². The number of hydrogen-bond acceptors (Lipinski definition) is 7. The molecule has 0 aliphatic rings. The topological polar surface area (TPSA) is 99.4 Å². The maximum Gasteiger partial charge on any atom is 0.228 e. The largest absolute Gasteiger partial charge is 0.497 e. The van der Waals surface area contributed by atoms with Crippen LogP contribution in [-0.2, 0) is 16.0 Å². The van der Waals surface area contributed by atoms with Crippen molar-refractivity contribution in [2.75, 3.05) is 26.1 Å². The second-order valence-corrected chi connectivity index (χ2v) is 5.94. The van der Waals surface area contributed by atoms with Gasteiger partial charge in [0.1, 0.15) is 10.8 Å². The van der Waals surface area contributed by atoms with Gasteiger partial charge in [-0.25, -0.2) is 0 Å². The number of hydrogen-bond donors (Lipinski definition) is 2. The smallest absolute Gasteiger partial charge is 0.228 e. The van der Waals surface area contributed by atoms with E-state index in [1.165, 1.54) is 18.4 Å². The summed E-state index contributed by atoms with van der Waals surface area (Å²) in [6.45, 7) is 0.293. The first-order valence-electron chi connectivity index (χ1n) is 7.12. The average Bonchev–Trinajstić information content (AvgIpc) is 2.99. The van der Waals surface area contributed by atoms with Crippen LogP contribution in [-0.4, -0.2) is 43.0 Å². The highest BCUT2D eigenvalue weighted by atomic mass is 35.5. The maximum absolute atomic E-state index is 11.9. The number of methoxy groups -OCH3 is 2. The number of ether oxygens (including phenoxy) is 2. The van der Waals surface area contributed by atoms with E-state index in [9.17, 15) is 4.79 Å². The number of nitrogens with zero attached hydrogens (tertiary/aromatic N) is 2. The normalized spacial score (nSPS) is 11.5. The molecule has 2 rings (SSSR count).